The molecule has 0 spiro atoms. The van der Waals surface area contributed by atoms with Crippen LogP contribution in [0.25, 0.3) is 0 Å². The number of rotatable bonds is 5. The van der Waals surface area contributed by atoms with Gasteiger partial charge < -0.3 is 4.90 Å². The fraction of sp³-hybridized carbons (Fsp3) is 0.500. The van der Waals surface area contributed by atoms with Crippen molar-refractivity contribution in [3.05, 3.63) is 28.7 Å². The molecule has 1 saturated heterocycles. The number of carbonyl (C=O) groups excluding carboxylic acids is 1. The van der Waals surface area contributed by atoms with Gasteiger partial charge in [-0.3, -0.25) is 4.79 Å². The molecular formula is C14H19BrN2O3S. The third kappa shape index (κ3) is 4.52. The average Bonchev–Trinajstić information content (AvgIpc) is 2.85. The van der Waals surface area contributed by atoms with Crippen LogP contribution in [0.3, 0.4) is 0 Å². The molecule has 7 heteroatoms. The summed E-state index contributed by atoms with van der Waals surface area (Å²) in [6.45, 7) is 3.79. The fourth-order valence-corrected chi connectivity index (χ4v) is 3.96. The lowest BCUT2D eigenvalue weighted by Gasteiger charge is -2.16. The second-order valence-electron chi connectivity index (χ2n) is 5.34. The normalized spacial score (nSPS) is 19.0. The van der Waals surface area contributed by atoms with Crippen molar-refractivity contribution in [1.29, 1.82) is 0 Å². The highest BCUT2D eigenvalue weighted by Crippen LogP contribution is 2.17. The summed E-state index contributed by atoms with van der Waals surface area (Å²) in [6.07, 6.45) is 1.22. The molecule has 1 aromatic rings. The van der Waals surface area contributed by atoms with Gasteiger partial charge in [-0.2, -0.15) is 0 Å². The third-order valence-electron chi connectivity index (χ3n) is 3.51. The minimum atomic E-state index is -3.56. The van der Waals surface area contributed by atoms with Gasteiger partial charge in [0, 0.05) is 30.5 Å². The Morgan fingerprint density at radius 2 is 2.24 bits per heavy atom. The van der Waals surface area contributed by atoms with E-state index >= 15 is 0 Å². The van der Waals surface area contributed by atoms with E-state index in [-0.39, 0.29) is 23.8 Å². The smallest absolute Gasteiger partial charge is 0.240 e. The summed E-state index contributed by atoms with van der Waals surface area (Å²) in [5.74, 6) is 0.545. The summed E-state index contributed by atoms with van der Waals surface area (Å²) < 4.78 is 27.3. The topological polar surface area (TPSA) is 66.5 Å². The maximum atomic E-state index is 12.1. The van der Waals surface area contributed by atoms with E-state index in [0.29, 0.717) is 10.4 Å². The van der Waals surface area contributed by atoms with Crippen LogP contribution >= 0.6 is 15.9 Å². The second kappa shape index (κ2) is 6.89. The first-order valence-electron chi connectivity index (χ1n) is 6.91. The first-order chi connectivity index (χ1) is 9.88. The molecule has 1 aliphatic rings. The van der Waals surface area contributed by atoms with Gasteiger partial charge in [-0.25, -0.2) is 13.1 Å². The summed E-state index contributed by atoms with van der Waals surface area (Å²) in [6, 6.07) is 6.48. The monoisotopic (exact) mass is 374 g/mol. The number of carbonyl (C=O) groups is 1. The number of amides is 1. The predicted octanol–water partition coefficient (Wildman–Crippen LogP) is 1.99. The molecule has 1 aliphatic heterocycles. The van der Waals surface area contributed by atoms with Crippen molar-refractivity contribution in [3.8, 4) is 0 Å². The lowest BCUT2D eigenvalue weighted by Crippen LogP contribution is -2.33. The molecule has 0 bridgehead atoms. The molecule has 0 radical (unpaired) electrons. The van der Waals surface area contributed by atoms with Crippen molar-refractivity contribution in [1.82, 2.24) is 9.62 Å². The summed E-state index contributed by atoms with van der Waals surface area (Å²) >= 11 is 3.24. The van der Waals surface area contributed by atoms with Crippen molar-refractivity contribution in [2.75, 3.05) is 19.6 Å². The van der Waals surface area contributed by atoms with Gasteiger partial charge in [0.15, 0.2) is 0 Å². The van der Waals surface area contributed by atoms with Gasteiger partial charge in [-0.1, -0.05) is 28.9 Å². The van der Waals surface area contributed by atoms with Gasteiger partial charge in [0.05, 0.1) is 4.90 Å². The molecule has 1 fully saturated rings. The quantitative estimate of drug-likeness (QED) is 0.856. The molecule has 1 heterocycles. The highest BCUT2D eigenvalue weighted by molar-refractivity contribution is 9.10. The Morgan fingerprint density at radius 1 is 1.48 bits per heavy atom. The Labute approximate surface area is 133 Å². The number of nitrogens with zero attached hydrogens (tertiary/aromatic N) is 1. The standard InChI is InChI=1S/C14H19BrN2O3S/c1-11-6-8-17(10-11)14(18)5-7-16-21(19,20)13-4-2-3-12(15)9-13/h2-4,9,11,16H,5-8,10H2,1H3. The maximum absolute atomic E-state index is 12.1. The van der Waals surface area contributed by atoms with Crippen LogP contribution in [-0.4, -0.2) is 38.9 Å². The molecular weight excluding hydrogens is 356 g/mol. The van der Waals surface area contributed by atoms with Crippen LogP contribution in [0.2, 0.25) is 0 Å². The van der Waals surface area contributed by atoms with Crippen molar-refractivity contribution in [3.63, 3.8) is 0 Å². The van der Waals surface area contributed by atoms with E-state index in [1.54, 1.807) is 17.0 Å². The van der Waals surface area contributed by atoms with E-state index in [2.05, 4.69) is 27.6 Å². The van der Waals surface area contributed by atoms with Crippen LogP contribution in [0, 0.1) is 5.92 Å². The van der Waals surface area contributed by atoms with E-state index in [9.17, 15) is 13.2 Å². The lowest BCUT2D eigenvalue weighted by atomic mass is 10.2. The Bertz CT molecular complexity index is 618. The molecule has 21 heavy (non-hydrogen) atoms. The second-order valence-corrected chi connectivity index (χ2v) is 8.02. The van der Waals surface area contributed by atoms with Crippen LogP contribution < -0.4 is 4.72 Å². The zero-order valence-corrected chi connectivity index (χ0v) is 14.3. The van der Waals surface area contributed by atoms with E-state index in [1.807, 2.05) is 0 Å². The molecule has 2 rings (SSSR count). The number of sulfonamides is 1. The zero-order valence-electron chi connectivity index (χ0n) is 11.9. The molecule has 5 nitrogen and oxygen atoms in total. The number of nitrogens with one attached hydrogen (secondary N) is 1. The fourth-order valence-electron chi connectivity index (χ4n) is 2.33. The number of halogens is 1. The minimum Gasteiger partial charge on any atom is -0.342 e. The van der Waals surface area contributed by atoms with E-state index in [4.69, 9.17) is 0 Å². The van der Waals surface area contributed by atoms with Crippen molar-refractivity contribution in [2.45, 2.75) is 24.7 Å². The number of hydrogen-bond donors (Lipinski definition) is 1. The van der Waals surface area contributed by atoms with Crippen molar-refractivity contribution in [2.24, 2.45) is 5.92 Å². The molecule has 0 saturated carbocycles. The molecule has 1 amide bonds. The summed E-state index contributed by atoms with van der Waals surface area (Å²) in [5, 5.41) is 0. The van der Waals surface area contributed by atoms with Crippen LogP contribution in [0.4, 0.5) is 0 Å². The van der Waals surface area contributed by atoms with E-state index in [1.165, 1.54) is 12.1 Å². The maximum Gasteiger partial charge on any atom is 0.240 e. The highest BCUT2D eigenvalue weighted by atomic mass is 79.9. The SMILES string of the molecule is CC1CCN(C(=O)CCNS(=O)(=O)c2cccc(Br)c2)C1. The molecule has 1 aromatic carbocycles. The number of hydrogen-bond acceptors (Lipinski definition) is 3. The summed E-state index contributed by atoms with van der Waals surface area (Å²) in [4.78, 5) is 13.9. The molecule has 116 valence electrons. The average molecular weight is 375 g/mol. The van der Waals surface area contributed by atoms with E-state index < -0.39 is 10.0 Å². The minimum absolute atomic E-state index is 0.0105. The van der Waals surface area contributed by atoms with Crippen molar-refractivity contribution < 1.29 is 13.2 Å². The number of benzene rings is 1. The van der Waals surface area contributed by atoms with Crippen LogP contribution in [-0.2, 0) is 14.8 Å². The predicted molar refractivity (Wildman–Crippen MR) is 84.3 cm³/mol. The number of likely N-dealkylation sites (tertiary alicyclic amines) is 1. The van der Waals surface area contributed by atoms with Gasteiger partial charge in [0.25, 0.3) is 0 Å². The van der Waals surface area contributed by atoms with Gasteiger partial charge in [-0.15, -0.1) is 0 Å². The lowest BCUT2D eigenvalue weighted by molar-refractivity contribution is -0.130. The van der Waals surface area contributed by atoms with Gasteiger partial charge in [0.2, 0.25) is 15.9 Å². The van der Waals surface area contributed by atoms with Crippen LogP contribution in [0.1, 0.15) is 19.8 Å². The highest BCUT2D eigenvalue weighted by Gasteiger charge is 2.23. The van der Waals surface area contributed by atoms with Gasteiger partial charge >= 0.3 is 0 Å². The molecule has 0 aliphatic carbocycles. The van der Waals surface area contributed by atoms with Crippen molar-refractivity contribution >= 4 is 31.9 Å². The Morgan fingerprint density at radius 3 is 2.86 bits per heavy atom. The van der Waals surface area contributed by atoms with Crippen LogP contribution in [0.5, 0.6) is 0 Å². The third-order valence-corrected chi connectivity index (χ3v) is 5.47. The largest absolute Gasteiger partial charge is 0.342 e. The Balaban J connectivity index is 1.86. The van der Waals surface area contributed by atoms with Gasteiger partial charge in [-0.05, 0) is 30.5 Å². The first-order valence-corrected chi connectivity index (χ1v) is 9.19. The molecule has 1 unspecified atom stereocenters. The Kier molecular flexibility index (Phi) is 5.40. The summed E-state index contributed by atoms with van der Waals surface area (Å²) in [5.41, 5.74) is 0. The molecule has 1 N–H and O–H groups in total. The van der Waals surface area contributed by atoms with Gasteiger partial charge in [0.1, 0.15) is 0 Å². The first kappa shape index (κ1) is 16.5. The zero-order chi connectivity index (χ0) is 15.5. The molecule has 1 atom stereocenters. The molecule has 0 aromatic heterocycles. The Hall–Kier alpha value is -0.920. The van der Waals surface area contributed by atoms with E-state index in [0.717, 1.165) is 19.5 Å². The summed E-state index contributed by atoms with van der Waals surface area (Å²) in [7, 11) is -3.56. The van der Waals surface area contributed by atoms with Crippen LogP contribution in [0.15, 0.2) is 33.6 Å².